The van der Waals surface area contributed by atoms with Crippen molar-refractivity contribution in [3.8, 4) is 0 Å². The second-order valence-corrected chi connectivity index (χ2v) is 10.2. The van der Waals surface area contributed by atoms with Crippen LogP contribution in [0.15, 0.2) is 51.0 Å². The summed E-state index contributed by atoms with van der Waals surface area (Å²) in [5, 5.41) is 6.78. The van der Waals surface area contributed by atoms with Gasteiger partial charge in [0.15, 0.2) is 5.16 Å². The monoisotopic (exact) mass is 510 g/mol. The van der Waals surface area contributed by atoms with Crippen LogP contribution in [0.2, 0.25) is 0 Å². The van der Waals surface area contributed by atoms with Crippen molar-refractivity contribution < 1.29 is 18.7 Å². The molecular weight excluding hydrogens is 480 g/mol. The van der Waals surface area contributed by atoms with Gasteiger partial charge in [-0.3, -0.25) is 19.0 Å². The average Bonchev–Trinajstić information content (AvgIpc) is 3.67. The Morgan fingerprint density at radius 1 is 1.14 bits per heavy atom. The number of nitrogens with zero attached hydrogens (tertiary/aromatic N) is 2. The lowest BCUT2D eigenvalue weighted by atomic mass is 10.1. The van der Waals surface area contributed by atoms with Crippen molar-refractivity contribution in [2.24, 2.45) is 0 Å². The quantitative estimate of drug-likeness (QED) is 0.336. The van der Waals surface area contributed by atoms with E-state index in [2.05, 4.69) is 10.6 Å². The highest BCUT2D eigenvalue weighted by Crippen LogP contribution is 2.22. The van der Waals surface area contributed by atoms with Crippen molar-refractivity contribution in [2.75, 3.05) is 18.9 Å². The molecule has 190 valence electrons. The normalized spacial score (nSPS) is 18.1. The number of ether oxygens (including phenoxy) is 1. The van der Waals surface area contributed by atoms with Crippen LogP contribution in [0, 0.1) is 0 Å². The Balaban J connectivity index is 1.38. The minimum absolute atomic E-state index is 0.0414. The van der Waals surface area contributed by atoms with Crippen molar-refractivity contribution in [3.63, 3.8) is 0 Å². The van der Waals surface area contributed by atoms with E-state index < -0.39 is 0 Å². The highest BCUT2D eigenvalue weighted by molar-refractivity contribution is 7.99. The van der Waals surface area contributed by atoms with Crippen LogP contribution < -0.4 is 16.2 Å². The zero-order valence-corrected chi connectivity index (χ0v) is 20.9. The average molecular weight is 511 g/mol. The number of hydrogen-bond acceptors (Lipinski definition) is 7. The van der Waals surface area contributed by atoms with Gasteiger partial charge in [-0.2, -0.15) is 0 Å². The standard InChI is InChI=1S/C26H30N4O5S/c31-23(28-18-5-1-2-6-18)16-36-26-29-22-13-17(24(32)27-14-19-7-3-11-34-19)9-10-21(22)25(33)30(26)15-20-8-4-12-35-20/h4,8-10,12-13,18-19H,1-3,5-7,11,14-16H2,(H,27,32)(H,28,31)/t19-/m0/s1. The molecule has 0 bridgehead atoms. The Labute approximate surface area is 213 Å². The van der Waals surface area contributed by atoms with Gasteiger partial charge in [0.25, 0.3) is 11.5 Å². The zero-order valence-electron chi connectivity index (χ0n) is 20.0. The van der Waals surface area contributed by atoms with E-state index in [0.717, 1.165) is 45.1 Å². The molecule has 1 saturated heterocycles. The first-order chi connectivity index (χ1) is 17.6. The second-order valence-electron chi connectivity index (χ2n) is 9.28. The summed E-state index contributed by atoms with van der Waals surface area (Å²) in [5.74, 6) is 0.446. The van der Waals surface area contributed by atoms with Crippen LogP contribution in [0.5, 0.6) is 0 Å². The third kappa shape index (κ3) is 5.82. The molecule has 3 heterocycles. The molecule has 36 heavy (non-hydrogen) atoms. The Morgan fingerprint density at radius 3 is 2.75 bits per heavy atom. The SMILES string of the molecule is O=C(CSc1nc2cc(C(=O)NC[C@@H]3CCCO3)ccc2c(=O)n1Cc1ccco1)NC1CCCC1. The Hall–Kier alpha value is -3.11. The molecule has 2 aromatic heterocycles. The smallest absolute Gasteiger partial charge is 0.262 e. The molecule has 3 aromatic rings. The lowest BCUT2D eigenvalue weighted by molar-refractivity contribution is -0.119. The number of rotatable bonds is 9. The van der Waals surface area contributed by atoms with Gasteiger partial charge in [0, 0.05) is 24.8 Å². The predicted octanol–water partition coefficient (Wildman–Crippen LogP) is 3.10. The number of furan rings is 1. The summed E-state index contributed by atoms with van der Waals surface area (Å²) in [6.07, 6.45) is 7.82. The van der Waals surface area contributed by atoms with Gasteiger partial charge >= 0.3 is 0 Å². The van der Waals surface area contributed by atoms with Crippen LogP contribution in [0.25, 0.3) is 10.9 Å². The molecule has 9 nitrogen and oxygen atoms in total. The Bertz CT molecular complexity index is 1280. The number of fused-ring (bicyclic) bond motifs is 1. The molecule has 0 radical (unpaired) electrons. The largest absolute Gasteiger partial charge is 0.467 e. The first-order valence-corrected chi connectivity index (χ1v) is 13.4. The van der Waals surface area contributed by atoms with Gasteiger partial charge in [0.2, 0.25) is 5.91 Å². The topological polar surface area (TPSA) is 115 Å². The van der Waals surface area contributed by atoms with E-state index in [1.165, 1.54) is 16.3 Å². The molecule has 10 heteroatoms. The number of carbonyl (C=O) groups excluding carboxylic acids is 2. The minimum atomic E-state index is -0.249. The fourth-order valence-electron chi connectivity index (χ4n) is 4.73. The molecule has 2 fully saturated rings. The number of hydrogen-bond donors (Lipinski definition) is 2. The molecule has 5 rings (SSSR count). The first-order valence-electron chi connectivity index (χ1n) is 12.5. The van der Waals surface area contributed by atoms with Crippen molar-refractivity contribution in [1.29, 1.82) is 0 Å². The van der Waals surface area contributed by atoms with Crippen LogP contribution in [0.4, 0.5) is 0 Å². The lowest BCUT2D eigenvalue weighted by Gasteiger charge is -2.14. The van der Waals surface area contributed by atoms with Crippen LogP contribution in [-0.4, -0.2) is 52.4 Å². The summed E-state index contributed by atoms with van der Waals surface area (Å²) in [5.41, 5.74) is 0.590. The van der Waals surface area contributed by atoms with E-state index in [4.69, 9.17) is 14.1 Å². The zero-order chi connectivity index (χ0) is 24.9. The van der Waals surface area contributed by atoms with E-state index >= 15 is 0 Å². The highest BCUT2D eigenvalue weighted by Gasteiger charge is 2.20. The minimum Gasteiger partial charge on any atom is -0.467 e. The summed E-state index contributed by atoms with van der Waals surface area (Å²) in [7, 11) is 0. The molecule has 1 aliphatic heterocycles. The molecule has 1 aromatic carbocycles. The van der Waals surface area contributed by atoms with E-state index in [1.807, 2.05) is 0 Å². The van der Waals surface area contributed by atoms with Crippen molar-refractivity contribution >= 4 is 34.5 Å². The van der Waals surface area contributed by atoms with Crippen LogP contribution in [-0.2, 0) is 16.1 Å². The second kappa shape index (κ2) is 11.3. The van der Waals surface area contributed by atoms with E-state index in [-0.39, 0.29) is 41.8 Å². The summed E-state index contributed by atoms with van der Waals surface area (Å²) in [6, 6.07) is 8.67. The van der Waals surface area contributed by atoms with Gasteiger partial charge in [-0.25, -0.2) is 4.98 Å². The first kappa shape index (κ1) is 24.6. The van der Waals surface area contributed by atoms with Gasteiger partial charge in [-0.1, -0.05) is 24.6 Å². The maximum Gasteiger partial charge on any atom is 0.262 e. The third-order valence-electron chi connectivity index (χ3n) is 6.64. The number of aromatic nitrogens is 2. The molecule has 0 spiro atoms. The van der Waals surface area contributed by atoms with E-state index in [0.29, 0.717) is 33.9 Å². The molecule has 1 atom stereocenters. The maximum atomic E-state index is 13.4. The number of amides is 2. The van der Waals surface area contributed by atoms with Crippen LogP contribution in [0.1, 0.15) is 54.6 Å². The number of nitrogens with one attached hydrogen (secondary N) is 2. The van der Waals surface area contributed by atoms with Crippen molar-refractivity contribution in [3.05, 3.63) is 58.3 Å². The lowest BCUT2D eigenvalue weighted by Crippen LogP contribution is -2.34. The maximum absolute atomic E-state index is 13.4. The van der Waals surface area contributed by atoms with Crippen molar-refractivity contribution in [2.45, 2.75) is 62.4 Å². The van der Waals surface area contributed by atoms with Gasteiger partial charge in [-0.15, -0.1) is 0 Å². The summed E-state index contributed by atoms with van der Waals surface area (Å²) in [4.78, 5) is 43.4. The summed E-state index contributed by atoms with van der Waals surface area (Å²) < 4.78 is 12.5. The Kier molecular flexibility index (Phi) is 7.72. The molecule has 2 aliphatic rings. The van der Waals surface area contributed by atoms with Gasteiger partial charge in [0.1, 0.15) is 5.76 Å². The fourth-order valence-corrected chi connectivity index (χ4v) is 5.54. The van der Waals surface area contributed by atoms with E-state index in [9.17, 15) is 14.4 Å². The molecule has 1 aliphatic carbocycles. The van der Waals surface area contributed by atoms with Crippen LogP contribution >= 0.6 is 11.8 Å². The third-order valence-corrected chi connectivity index (χ3v) is 7.62. The number of carbonyl (C=O) groups is 2. The number of thioether (sulfide) groups is 1. The van der Waals surface area contributed by atoms with Crippen molar-refractivity contribution in [1.82, 2.24) is 20.2 Å². The van der Waals surface area contributed by atoms with Gasteiger partial charge in [0.05, 0.1) is 35.6 Å². The predicted molar refractivity (Wildman–Crippen MR) is 136 cm³/mol. The van der Waals surface area contributed by atoms with Crippen LogP contribution in [0.3, 0.4) is 0 Å². The van der Waals surface area contributed by atoms with Gasteiger partial charge in [-0.05, 0) is 56.0 Å². The highest BCUT2D eigenvalue weighted by atomic mass is 32.2. The molecule has 2 N–H and O–H groups in total. The molecule has 0 unspecified atom stereocenters. The number of benzene rings is 1. The molecular formula is C26H30N4O5S. The van der Waals surface area contributed by atoms with Gasteiger partial charge < -0.3 is 19.8 Å². The fraction of sp³-hybridized carbons (Fsp3) is 0.462. The summed E-state index contributed by atoms with van der Waals surface area (Å²) >= 11 is 1.21. The Morgan fingerprint density at radius 2 is 2.00 bits per heavy atom. The van der Waals surface area contributed by atoms with E-state index in [1.54, 1.807) is 36.6 Å². The molecule has 2 amide bonds. The molecule has 1 saturated carbocycles. The summed E-state index contributed by atoms with van der Waals surface area (Å²) in [6.45, 7) is 1.38.